The molecule has 0 bridgehead atoms. The molecule has 0 aliphatic carbocycles. The van der Waals surface area contributed by atoms with E-state index in [-0.39, 0.29) is 59.9 Å². The smallest absolute Gasteiger partial charge is 0.259 e. The van der Waals surface area contributed by atoms with Crippen molar-refractivity contribution in [2.75, 3.05) is 51.3 Å². The van der Waals surface area contributed by atoms with Gasteiger partial charge < -0.3 is 29.6 Å². The lowest BCUT2D eigenvalue weighted by Gasteiger charge is -2.40. The number of nitrogens with one attached hydrogen (secondary N) is 2. The van der Waals surface area contributed by atoms with E-state index in [0.717, 1.165) is 5.76 Å². The van der Waals surface area contributed by atoms with E-state index < -0.39 is 0 Å². The van der Waals surface area contributed by atoms with Crippen LogP contribution in [-0.4, -0.2) is 83.6 Å². The minimum atomic E-state index is -0.277. The summed E-state index contributed by atoms with van der Waals surface area (Å²) in [6.45, 7) is 15.0. The molecule has 2 saturated heterocycles. The Bertz CT molecular complexity index is 1090. The number of carbonyl (C=O) groups is 2. The molecule has 2 atom stereocenters. The molecule has 4 heterocycles. The molecule has 4 rings (SSSR count). The monoisotopic (exact) mass is 598 g/mol. The number of ether oxygens (including phenoxy) is 1. The minimum Gasteiger partial charge on any atom is -0.467 e. The first-order valence-electron chi connectivity index (χ1n) is 13.7. The molecule has 0 spiro atoms. The zero-order chi connectivity index (χ0) is 27.3. The normalized spacial score (nSPS) is 19.4. The second kappa shape index (κ2) is 15.0. The van der Waals surface area contributed by atoms with Crippen LogP contribution in [0.25, 0.3) is 0 Å². The predicted molar refractivity (Wildman–Crippen MR) is 159 cm³/mol. The maximum Gasteiger partial charge on any atom is 0.259 e. The van der Waals surface area contributed by atoms with Gasteiger partial charge in [-0.1, -0.05) is 34.6 Å². The van der Waals surface area contributed by atoms with E-state index in [9.17, 15) is 9.59 Å². The van der Waals surface area contributed by atoms with Crippen LogP contribution >= 0.6 is 24.8 Å². The van der Waals surface area contributed by atoms with E-state index in [4.69, 9.17) is 14.1 Å². The maximum atomic E-state index is 14.1. The highest BCUT2D eigenvalue weighted by atomic mass is 35.5. The van der Waals surface area contributed by atoms with Crippen molar-refractivity contribution in [1.29, 1.82) is 0 Å². The highest BCUT2D eigenvalue weighted by molar-refractivity contribution is 5.98. The van der Waals surface area contributed by atoms with Gasteiger partial charge in [0.25, 0.3) is 5.91 Å². The van der Waals surface area contributed by atoms with Crippen LogP contribution in [0.5, 0.6) is 0 Å². The van der Waals surface area contributed by atoms with Gasteiger partial charge in [0, 0.05) is 50.4 Å². The molecule has 2 aromatic heterocycles. The first kappa shape index (κ1) is 33.8. The number of hydrogen-bond acceptors (Lipinski definition) is 8. The van der Waals surface area contributed by atoms with Crippen LogP contribution in [-0.2, 0) is 21.5 Å². The van der Waals surface area contributed by atoms with Crippen molar-refractivity contribution in [3.63, 3.8) is 0 Å². The quantitative estimate of drug-likeness (QED) is 0.472. The third-order valence-electron chi connectivity index (χ3n) is 6.96. The lowest BCUT2D eigenvalue weighted by atomic mass is 9.92. The van der Waals surface area contributed by atoms with Crippen LogP contribution < -0.4 is 10.6 Å². The fourth-order valence-corrected chi connectivity index (χ4v) is 4.95. The van der Waals surface area contributed by atoms with Crippen LogP contribution in [0.3, 0.4) is 0 Å². The second-order valence-electron chi connectivity index (χ2n) is 11.7. The number of halogens is 2. The largest absolute Gasteiger partial charge is 0.467 e. The van der Waals surface area contributed by atoms with Gasteiger partial charge in [0.15, 0.2) is 0 Å². The molecule has 224 valence electrons. The Morgan fingerprint density at radius 2 is 1.93 bits per heavy atom. The average molecular weight is 600 g/mol. The maximum absolute atomic E-state index is 14.1. The van der Waals surface area contributed by atoms with Gasteiger partial charge in [0.2, 0.25) is 5.91 Å². The molecule has 2 amide bonds. The number of aromatic nitrogens is 2. The fourth-order valence-electron chi connectivity index (χ4n) is 4.95. The molecule has 2 aliphatic rings. The summed E-state index contributed by atoms with van der Waals surface area (Å²) in [7, 11) is 0. The number of nitrogens with zero attached hydrogens (tertiary/aromatic N) is 4. The summed E-state index contributed by atoms with van der Waals surface area (Å²) in [4.78, 5) is 40.5. The Morgan fingerprint density at radius 3 is 2.55 bits per heavy atom. The van der Waals surface area contributed by atoms with Crippen molar-refractivity contribution in [2.24, 2.45) is 11.8 Å². The lowest BCUT2D eigenvalue weighted by molar-refractivity contribution is -0.140. The van der Waals surface area contributed by atoms with Gasteiger partial charge >= 0.3 is 0 Å². The number of rotatable bonds is 8. The molecule has 12 heteroatoms. The van der Waals surface area contributed by atoms with E-state index in [1.54, 1.807) is 12.5 Å². The number of furan rings is 1. The summed E-state index contributed by atoms with van der Waals surface area (Å²) in [6.07, 6.45) is 3.89. The van der Waals surface area contributed by atoms with Gasteiger partial charge in [-0.05, 0) is 24.5 Å². The van der Waals surface area contributed by atoms with Crippen LogP contribution in [0.1, 0.15) is 63.0 Å². The Morgan fingerprint density at radius 1 is 1.20 bits per heavy atom. The second-order valence-corrected chi connectivity index (χ2v) is 11.7. The summed E-state index contributed by atoms with van der Waals surface area (Å²) in [5, 5.41) is 6.73. The van der Waals surface area contributed by atoms with Crippen molar-refractivity contribution >= 4 is 42.4 Å². The zero-order valence-corrected chi connectivity index (χ0v) is 25.8. The molecule has 0 unspecified atom stereocenters. The predicted octanol–water partition coefficient (Wildman–Crippen LogP) is 3.76. The van der Waals surface area contributed by atoms with Crippen molar-refractivity contribution < 1.29 is 18.7 Å². The number of amides is 2. The highest BCUT2D eigenvalue weighted by Crippen LogP contribution is 2.26. The van der Waals surface area contributed by atoms with Crippen LogP contribution in [0.2, 0.25) is 0 Å². The van der Waals surface area contributed by atoms with Crippen LogP contribution in [0, 0.1) is 11.8 Å². The third kappa shape index (κ3) is 8.55. The molecule has 10 nitrogen and oxygen atoms in total. The summed E-state index contributed by atoms with van der Waals surface area (Å²) < 4.78 is 10.9. The number of carbonyl (C=O) groups excluding carboxylic acids is 2. The molecule has 2 aliphatic heterocycles. The van der Waals surface area contributed by atoms with Gasteiger partial charge in [-0.25, -0.2) is 9.97 Å². The van der Waals surface area contributed by atoms with Crippen molar-refractivity contribution in [2.45, 2.75) is 59.0 Å². The molecular weight excluding hydrogens is 555 g/mol. The van der Waals surface area contributed by atoms with Gasteiger partial charge in [0.05, 0.1) is 31.9 Å². The number of anilines is 1. The van der Waals surface area contributed by atoms with E-state index in [1.165, 1.54) is 0 Å². The first-order chi connectivity index (χ1) is 18.1. The molecule has 40 heavy (non-hydrogen) atoms. The topological polar surface area (TPSA) is 113 Å². The van der Waals surface area contributed by atoms with Crippen LogP contribution in [0.15, 0.2) is 29.0 Å². The summed E-state index contributed by atoms with van der Waals surface area (Å²) in [6, 6.07) is 3.59. The Labute approximate surface area is 249 Å². The molecule has 0 saturated carbocycles. The average Bonchev–Trinajstić information content (AvgIpc) is 3.43. The van der Waals surface area contributed by atoms with Gasteiger partial charge in [-0.2, -0.15) is 0 Å². The first-order valence-corrected chi connectivity index (χ1v) is 13.7. The Balaban J connectivity index is 0.00000280. The van der Waals surface area contributed by atoms with Crippen molar-refractivity contribution in [3.05, 3.63) is 41.7 Å². The van der Waals surface area contributed by atoms with Crippen LogP contribution in [0.4, 0.5) is 5.82 Å². The van der Waals surface area contributed by atoms with E-state index in [2.05, 4.69) is 29.5 Å². The van der Waals surface area contributed by atoms with Gasteiger partial charge in [-0.3, -0.25) is 9.59 Å². The van der Waals surface area contributed by atoms with Gasteiger partial charge in [-0.15, -0.1) is 24.8 Å². The lowest BCUT2D eigenvalue weighted by Crippen LogP contribution is -2.56. The molecule has 0 aromatic carbocycles. The SMILES string of the molecule is CC(C)CN(C(=O)c1cnc(C(C)(C)C)nc1NCc1ccco1)[C@H]1CNC[C@@H](C(=O)N2CCOCC2)C1.Cl.Cl. The van der Waals surface area contributed by atoms with Crippen molar-refractivity contribution in [3.8, 4) is 0 Å². The third-order valence-corrected chi connectivity index (χ3v) is 6.96. The van der Waals surface area contributed by atoms with E-state index in [0.29, 0.717) is 76.1 Å². The molecule has 2 fully saturated rings. The fraction of sp³-hybridized carbons (Fsp3) is 0.643. The summed E-state index contributed by atoms with van der Waals surface area (Å²) in [5.74, 6) is 1.98. The minimum absolute atomic E-state index is 0. The molecule has 2 aromatic rings. The van der Waals surface area contributed by atoms with E-state index in [1.807, 2.05) is 42.7 Å². The molecular formula is C28H44Cl2N6O4. The zero-order valence-electron chi connectivity index (χ0n) is 24.1. The Hall–Kier alpha value is -2.40. The number of morpholine rings is 1. The molecule has 2 N–H and O–H groups in total. The summed E-state index contributed by atoms with van der Waals surface area (Å²) >= 11 is 0. The number of hydrogen-bond donors (Lipinski definition) is 2. The van der Waals surface area contributed by atoms with Crippen molar-refractivity contribution in [1.82, 2.24) is 25.1 Å². The standard InChI is InChI=1S/C28H42N6O4.2ClH/c1-19(2)18-34(21-13-20(14-29-15-21)25(35)33-8-11-37-12-9-33)26(36)23-17-31-27(28(3,4)5)32-24(23)30-16-22-7-6-10-38-22;;/h6-7,10,17,19-21,29H,8-9,11-16,18H2,1-5H3,(H,30,31,32);2*1H/t20-,21+;;/m0../s1. The van der Waals surface area contributed by atoms with E-state index >= 15 is 0 Å². The Kier molecular flexibility index (Phi) is 12.7. The highest BCUT2D eigenvalue weighted by Gasteiger charge is 2.36. The summed E-state index contributed by atoms with van der Waals surface area (Å²) in [5.41, 5.74) is 0.146. The molecule has 0 radical (unpaired) electrons. The number of piperidine rings is 1. The van der Waals surface area contributed by atoms with Gasteiger partial charge in [0.1, 0.15) is 23.0 Å².